The second kappa shape index (κ2) is 2.82. The van der Waals surface area contributed by atoms with E-state index in [1.54, 1.807) is 12.1 Å². The molecule has 0 fully saturated rings. The highest BCUT2D eigenvalue weighted by Crippen LogP contribution is 2.38. The Bertz CT molecular complexity index is 531. The largest absolute Gasteiger partial charge is 0.371 e. The maximum Gasteiger partial charge on any atom is 0.151 e. The third-order valence-corrected chi connectivity index (χ3v) is 2.81. The van der Waals surface area contributed by atoms with Crippen molar-refractivity contribution in [2.75, 3.05) is 12.4 Å². The maximum absolute atomic E-state index is 13.0. The van der Waals surface area contributed by atoms with Crippen LogP contribution in [-0.4, -0.2) is 17.2 Å². The molecule has 0 saturated carbocycles. The lowest BCUT2D eigenvalue weighted by molar-refractivity contribution is 0.626. The van der Waals surface area contributed by atoms with Crippen molar-refractivity contribution in [2.45, 2.75) is 6.42 Å². The van der Waals surface area contributed by atoms with Crippen molar-refractivity contribution in [3.8, 4) is 11.3 Å². The van der Waals surface area contributed by atoms with E-state index in [0.29, 0.717) is 0 Å². The summed E-state index contributed by atoms with van der Waals surface area (Å²) >= 11 is 0. The number of nitrogens with one attached hydrogen (secondary N) is 2. The molecule has 1 aliphatic rings. The SMILES string of the molecule is CNc1n[nH]c2c1Cc1cc(F)ccc1-2. The van der Waals surface area contributed by atoms with Crippen LogP contribution in [-0.2, 0) is 6.42 Å². The number of anilines is 1. The van der Waals surface area contributed by atoms with E-state index in [1.807, 2.05) is 7.05 Å². The van der Waals surface area contributed by atoms with E-state index in [1.165, 1.54) is 6.07 Å². The minimum absolute atomic E-state index is 0.183. The molecule has 76 valence electrons. The average molecular weight is 203 g/mol. The van der Waals surface area contributed by atoms with Crippen LogP contribution < -0.4 is 5.32 Å². The van der Waals surface area contributed by atoms with Crippen LogP contribution in [0, 0.1) is 5.82 Å². The van der Waals surface area contributed by atoms with Crippen LogP contribution in [0.1, 0.15) is 11.1 Å². The van der Waals surface area contributed by atoms with E-state index < -0.39 is 0 Å². The topological polar surface area (TPSA) is 40.7 Å². The zero-order chi connectivity index (χ0) is 10.4. The molecule has 0 aliphatic heterocycles. The van der Waals surface area contributed by atoms with Gasteiger partial charge in [0.05, 0.1) is 5.69 Å². The molecule has 0 bridgehead atoms. The van der Waals surface area contributed by atoms with Gasteiger partial charge in [-0.3, -0.25) is 5.10 Å². The molecule has 1 heterocycles. The number of fused-ring (bicyclic) bond motifs is 3. The molecular weight excluding hydrogens is 193 g/mol. The van der Waals surface area contributed by atoms with Crippen LogP contribution in [0.25, 0.3) is 11.3 Å². The third-order valence-electron chi connectivity index (χ3n) is 2.81. The second-order valence-corrected chi connectivity index (χ2v) is 3.65. The van der Waals surface area contributed by atoms with Gasteiger partial charge in [-0.05, 0) is 23.8 Å². The van der Waals surface area contributed by atoms with Gasteiger partial charge in [0.2, 0.25) is 0 Å². The molecule has 0 radical (unpaired) electrons. The first-order valence-electron chi connectivity index (χ1n) is 4.83. The number of hydrogen-bond donors (Lipinski definition) is 2. The Labute approximate surface area is 86.3 Å². The number of hydrogen-bond acceptors (Lipinski definition) is 2. The van der Waals surface area contributed by atoms with Crippen LogP contribution in [0.15, 0.2) is 18.2 Å². The van der Waals surface area contributed by atoms with Crippen molar-refractivity contribution >= 4 is 5.82 Å². The number of nitrogens with zero attached hydrogens (tertiary/aromatic N) is 1. The van der Waals surface area contributed by atoms with Crippen LogP contribution >= 0.6 is 0 Å². The Morgan fingerprint density at radius 1 is 1.47 bits per heavy atom. The molecule has 0 atom stereocenters. The molecule has 0 spiro atoms. The molecular formula is C11H10FN3. The Kier molecular flexibility index (Phi) is 1.59. The van der Waals surface area contributed by atoms with Gasteiger partial charge < -0.3 is 5.32 Å². The zero-order valence-corrected chi connectivity index (χ0v) is 8.26. The summed E-state index contributed by atoms with van der Waals surface area (Å²) in [6, 6.07) is 4.87. The number of rotatable bonds is 1. The highest BCUT2D eigenvalue weighted by Gasteiger charge is 2.23. The van der Waals surface area contributed by atoms with E-state index >= 15 is 0 Å². The summed E-state index contributed by atoms with van der Waals surface area (Å²) in [7, 11) is 1.83. The summed E-state index contributed by atoms with van der Waals surface area (Å²) in [6.45, 7) is 0. The minimum Gasteiger partial charge on any atom is -0.371 e. The first-order chi connectivity index (χ1) is 7.29. The number of H-pyrrole nitrogens is 1. The number of aromatic amines is 1. The van der Waals surface area contributed by atoms with Crippen LogP contribution in [0.2, 0.25) is 0 Å². The highest BCUT2D eigenvalue weighted by molar-refractivity contribution is 5.77. The van der Waals surface area contributed by atoms with Gasteiger partial charge in [-0.15, -0.1) is 0 Å². The maximum atomic E-state index is 13.0. The molecule has 3 nitrogen and oxygen atoms in total. The second-order valence-electron chi connectivity index (χ2n) is 3.65. The standard InChI is InChI=1S/C11H10FN3/c1-13-11-9-5-6-4-7(12)2-3-8(6)10(9)14-15-11/h2-4H,5H2,1H3,(H2,13,14,15). The van der Waals surface area contributed by atoms with Crippen LogP contribution in [0.5, 0.6) is 0 Å². The van der Waals surface area contributed by atoms with Gasteiger partial charge in [0, 0.05) is 24.6 Å². The van der Waals surface area contributed by atoms with Crippen LogP contribution in [0.3, 0.4) is 0 Å². The van der Waals surface area contributed by atoms with Gasteiger partial charge in [0.1, 0.15) is 5.82 Å². The summed E-state index contributed by atoms with van der Waals surface area (Å²) in [6.07, 6.45) is 0.745. The Hall–Kier alpha value is -1.84. The Morgan fingerprint density at radius 2 is 2.33 bits per heavy atom. The van der Waals surface area contributed by atoms with Crippen molar-refractivity contribution in [3.63, 3.8) is 0 Å². The highest BCUT2D eigenvalue weighted by atomic mass is 19.1. The Morgan fingerprint density at radius 3 is 3.13 bits per heavy atom. The lowest BCUT2D eigenvalue weighted by Gasteiger charge is -1.98. The van der Waals surface area contributed by atoms with E-state index in [2.05, 4.69) is 15.5 Å². The summed E-state index contributed by atoms with van der Waals surface area (Å²) < 4.78 is 13.0. The van der Waals surface area contributed by atoms with Crippen LogP contribution in [0.4, 0.5) is 10.2 Å². The number of benzene rings is 1. The molecule has 0 amide bonds. The van der Waals surface area contributed by atoms with E-state index in [-0.39, 0.29) is 5.82 Å². The normalized spacial score (nSPS) is 12.4. The van der Waals surface area contributed by atoms with Gasteiger partial charge in [-0.25, -0.2) is 4.39 Å². The summed E-state index contributed by atoms with van der Waals surface area (Å²) in [5, 5.41) is 10.1. The average Bonchev–Trinajstić information content (AvgIpc) is 2.74. The zero-order valence-electron chi connectivity index (χ0n) is 8.26. The smallest absolute Gasteiger partial charge is 0.151 e. The fraction of sp³-hybridized carbons (Fsp3) is 0.182. The van der Waals surface area contributed by atoms with Gasteiger partial charge in [-0.2, -0.15) is 5.10 Å². The summed E-state index contributed by atoms with van der Waals surface area (Å²) in [4.78, 5) is 0. The lowest BCUT2D eigenvalue weighted by Crippen LogP contribution is -1.92. The predicted molar refractivity (Wildman–Crippen MR) is 56.3 cm³/mol. The van der Waals surface area contributed by atoms with Crippen molar-refractivity contribution in [1.29, 1.82) is 0 Å². The van der Waals surface area contributed by atoms with Gasteiger partial charge >= 0.3 is 0 Å². The predicted octanol–water partition coefficient (Wildman–Crippen LogP) is 2.16. The monoisotopic (exact) mass is 203 g/mol. The first-order valence-corrected chi connectivity index (χ1v) is 4.83. The van der Waals surface area contributed by atoms with Crippen molar-refractivity contribution in [2.24, 2.45) is 0 Å². The molecule has 1 aromatic heterocycles. The molecule has 4 heteroatoms. The fourth-order valence-electron chi connectivity index (χ4n) is 2.11. The van der Waals surface area contributed by atoms with Gasteiger partial charge in [0.15, 0.2) is 5.82 Å². The quantitative estimate of drug-likeness (QED) is 0.636. The molecule has 1 aromatic carbocycles. The van der Waals surface area contributed by atoms with E-state index in [9.17, 15) is 4.39 Å². The molecule has 1 aliphatic carbocycles. The van der Waals surface area contributed by atoms with E-state index in [0.717, 1.165) is 34.6 Å². The van der Waals surface area contributed by atoms with Gasteiger partial charge in [0.25, 0.3) is 0 Å². The van der Waals surface area contributed by atoms with Crippen molar-refractivity contribution in [1.82, 2.24) is 10.2 Å². The molecule has 2 aromatic rings. The molecule has 15 heavy (non-hydrogen) atoms. The molecule has 0 unspecified atom stereocenters. The molecule has 3 rings (SSSR count). The van der Waals surface area contributed by atoms with Gasteiger partial charge in [-0.1, -0.05) is 0 Å². The minimum atomic E-state index is -0.183. The Balaban J connectivity index is 2.20. The van der Waals surface area contributed by atoms with Crippen molar-refractivity contribution in [3.05, 3.63) is 35.1 Å². The van der Waals surface area contributed by atoms with E-state index in [4.69, 9.17) is 0 Å². The number of aromatic nitrogens is 2. The lowest BCUT2D eigenvalue weighted by atomic mass is 10.1. The summed E-state index contributed by atoms with van der Waals surface area (Å²) in [5.74, 6) is 0.666. The molecule has 0 saturated heterocycles. The summed E-state index contributed by atoms with van der Waals surface area (Å²) in [5.41, 5.74) is 4.21. The third kappa shape index (κ3) is 1.08. The van der Waals surface area contributed by atoms with Crippen molar-refractivity contribution < 1.29 is 4.39 Å². The number of halogens is 1. The fourth-order valence-corrected chi connectivity index (χ4v) is 2.11. The molecule has 2 N–H and O–H groups in total. The first kappa shape index (κ1) is 8.47.